The third-order valence-electron chi connectivity index (χ3n) is 14.4. The van der Waals surface area contributed by atoms with Gasteiger partial charge in [0.05, 0.1) is 63.4 Å². The Morgan fingerprint density at radius 1 is 0.570 bits per heavy atom. The van der Waals surface area contributed by atoms with Gasteiger partial charge in [0, 0.05) is 61.3 Å². The van der Waals surface area contributed by atoms with E-state index in [-0.39, 0.29) is 87.3 Å². The lowest BCUT2D eigenvalue weighted by Gasteiger charge is -2.24. The molecule has 0 fully saturated rings. The fourth-order valence-corrected chi connectivity index (χ4v) is 10.8. The molecule has 0 saturated heterocycles. The maximum absolute atomic E-state index is 13.8. The number of hydrogen-bond donors (Lipinski definition) is 3. The Morgan fingerprint density at radius 2 is 1.00 bits per heavy atom. The van der Waals surface area contributed by atoms with Gasteiger partial charge >= 0.3 is 0 Å². The number of aryl methyl sites for hydroxylation is 2. The summed E-state index contributed by atoms with van der Waals surface area (Å²) in [5.74, 6) is 0.982. The number of sulfone groups is 2. The number of aromatic nitrogens is 6. The number of pyridine rings is 2. The lowest BCUT2D eigenvalue weighted by molar-refractivity contribution is 0.0981. The molecule has 0 saturated carbocycles. The van der Waals surface area contributed by atoms with Crippen LogP contribution in [0.5, 0.6) is 11.5 Å². The van der Waals surface area contributed by atoms with Crippen LogP contribution >= 0.6 is 0 Å². The minimum absolute atomic E-state index is 0.0412. The standard InChI is InChI=1S/C31H33N5O6S.C31H31N5O6S/c2*1-31(2,3)19-9-11-22-27(15-19)42-14-13-36(29(22)38)26-8-6-7-21(23(26)18-37)24-16-25(30(39)35(4)34-24)33-28-12-10-20(17-32-28)43(5,40)41/h6-12,15-17,37H,13-14,18H2,1-5H3,(H,32,33);6-12,15-18H,13-14H2,1-5H3,(H,32,33). The molecule has 86 heavy (non-hydrogen) atoms. The second-order valence-corrected chi connectivity index (χ2v) is 26.7. The van der Waals surface area contributed by atoms with Crippen LogP contribution in [-0.4, -0.2) is 108 Å². The Labute approximate surface area is 496 Å². The Hall–Kier alpha value is -9.39. The van der Waals surface area contributed by atoms with E-state index in [0.717, 1.165) is 33.0 Å². The molecule has 3 N–H and O–H groups in total. The molecule has 4 aromatic carbocycles. The molecule has 0 spiro atoms. The number of hydrogen-bond acceptors (Lipinski definition) is 18. The van der Waals surface area contributed by atoms with Crippen LogP contribution in [0.15, 0.2) is 141 Å². The summed E-state index contributed by atoms with van der Waals surface area (Å²) in [6.07, 6.45) is 5.24. The summed E-state index contributed by atoms with van der Waals surface area (Å²) in [6, 6.07) is 30.2. The zero-order valence-electron chi connectivity index (χ0n) is 49.0. The zero-order chi connectivity index (χ0) is 62.2. The molecule has 0 radical (unpaired) electrons. The Bertz CT molecular complexity index is 4350. The van der Waals surface area contributed by atoms with E-state index < -0.39 is 37.4 Å². The fourth-order valence-electron chi connectivity index (χ4n) is 9.67. The van der Waals surface area contributed by atoms with Gasteiger partial charge in [-0.15, -0.1) is 0 Å². The Balaban J connectivity index is 0.000000205. The minimum Gasteiger partial charge on any atom is -0.491 e. The maximum Gasteiger partial charge on any atom is 0.290 e. The Kier molecular flexibility index (Phi) is 17.0. The number of aliphatic hydroxyl groups is 1. The van der Waals surface area contributed by atoms with E-state index in [1.165, 1.54) is 67.8 Å². The van der Waals surface area contributed by atoms with Gasteiger partial charge in [-0.1, -0.05) is 77.9 Å². The lowest BCUT2D eigenvalue weighted by Crippen LogP contribution is -2.33. The van der Waals surface area contributed by atoms with Gasteiger partial charge in [-0.25, -0.2) is 36.2 Å². The molecule has 2 aliphatic heterocycles. The van der Waals surface area contributed by atoms with Crippen molar-refractivity contribution < 1.29 is 45.8 Å². The molecule has 2 aliphatic rings. The number of anilines is 6. The molecular weight excluding hydrogens is 1140 g/mol. The monoisotopic (exact) mass is 1200 g/mol. The van der Waals surface area contributed by atoms with E-state index in [9.17, 15) is 45.9 Å². The molecule has 24 heteroatoms. The number of benzene rings is 4. The van der Waals surface area contributed by atoms with Crippen molar-refractivity contribution in [2.24, 2.45) is 14.1 Å². The topological polar surface area (TPSA) is 284 Å². The fraction of sp³-hybridized carbons (Fsp3) is 0.274. The molecule has 22 nitrogen and oxygen atoms in total. The van der Waals surface area contributed by atoms with Gasteiger partial charge in [0.25, 0.3) is 22.9 Å². The molecule has 2 amide bonds. The summed E-state index contributed by atoms with van der Waals surface area (Å²) in [5, 5.41) is 25.2. The predicted octanol–water partition coefficient (Wildman–Crippen LogP) is 7.96. The summed E-state index contributed by atoms with van der Waals surface area (Å²) >= 11 is 0. The number of carbonyl (C=O) groups is 3. The van der Waals surface area contributed by atoms with Gasteiger partial charge in [0.15, 0.2) is 26.0 Å². The van der Waals surface area contributed by atoms with Crippen LogP contribution in [0.1, 0.15) is 89.3 Å². The lowest BCUT2D eigenvalue weighted by atomic mass is 9.86. The molecule has 4 aromatic heterocycles. The highest BCUT2D eigenvalue weighted by Crippen LogP contribution is 2.38. The predicted molar refractivity (Wildman–Crippen MR) is 327 cm³/mol. The molecular formula is C62H64N10O12S2. The van der Waals surface area contributed by atoms with E-state index >= 15 is 0 Å². The maximum atomic E-state index is 13.8. The number of amides is 2. The first-order chi connectivity index (χ1) is 40.5. The minimum atomic E-state index is -3.44. The highest BCUT2D eigenvalue weighted by molar-refractivity contribution is 7.91. The SMILES string of the molecule is Cn1nc(-c2cccc(N3CCOc4cc(C(C)(C)C)ccc4C3=O)c2C=O)cc(Nc2ccc(S(C)(=O)=O)cn2)c1=O.Cn1nc(-c2cccc(N3CCOc4cc(C(C)(C)C)ccc4C3=O)c2CO)cc(Nc2ccc(S(C)(=O)=O)cn2)c1=O. The average Bonchev–Trinajstić information content (AvgIpc) is 1.63. The highest BCUT2D eigenvalue weighted by atomic mass is 32.2. The van der Waals surface area contributed by atoms with Crippen LogP contribution in [0.3, 0.4) is 0 Å². The first-order valence-electron chi connectivity index (χ1n) is 27.1. The first-order valence-corrected chi connectivity index (χ1v) is 30.9. The molecule has 446 valence electrons. The van der Waals surface area contributed by atoms with Crippen LogP contribution in [0.4, 0.5) is 34.4 Å². The van der Waals surface area contributed by atoms with Crippen molar-refractivity contribution in [1.29, 1.82) is 0 Å². The van der Waals surface area contributed by atoms with Crippen molar-refractivity contribution in [2.75, 3.05) is 59.2 Å². The number of rotatable bonds is 12. The van der Waals surface area contributed by atoms with E-state index in [0.29, 0.717) is 68.4 Å². The molecule has 10 rings (SSSR count). The van der Waals surface area contributed by atoms with Crippen LogP contribution < -0.4 is 41.0 Å². The van der Waals surface area contributed by atoms with Crippen molar-refractivity contribution in [2.45, 2.75) is 68.8 Å². The number of carbonyl (C=O) groups excluding carboxylic acids is 3. The van der Waals surface area contributed by atoms with E-state index in [1.807, 2.05) is 24.3 Å². The molecule has 8 aromatic rings. The zero-order valence-corrected chi connectivity index (χ0v) is 50.6. The molecule has 0 unspecified atom stereocenters. The summed E-state index contributed by atoms with van der Waals surface area (Å²) < 4.78 is 61.4. The van der Waals surface area contributed by atoms with E-state index in [2.05, 4.69) is 72.3 Å². The van der Waals surface area contributed by atoms with Gasteiger partial charge in [-0.2, -0.15) is 10.2 Å². The number of aldehydes is 1. The van der Waals surface area contributed by atoms with Crippen LogP contribution in [0.25, 0.3) is 22.5 Å². The summed E-state index contributed by atoms with van der Waals surface area (Å²) in [6.45, 7) is 13.1. The number of ether oxygens (including phenoxy) is 2. The molecule has 6 heterocycles. The summed E-state index contributed by atoms with van der Waals surface area (Å²) in [7, 11) is -3.89. The number of aliphatic hydroxyl groups excluding tert-OH is 1. The van der Waals surface area contributed by atoms with Crippen LogP contribution in [-0.2, 0) is 51.2 Å². The number of fused-ring (bicyclic) bond motifs is 2. The highest BCUT2D eigenvalue weighted by Gasteiger charge is 2.31. The van der Waals surface area contributed by atoms with Crippen LogP contribution in [0, 0.1) is 0 Å². The normalized spacial score (nSPS) is 13.7. The van der Waals surface area contributed by atoms with Crippen LogP contribution in [0.2, 0.25) is 0 Å². The van der Waals surface area contributed by atoms with E-state index in [1.54, 1.807) is 53.4 Å². The van der Waals surface area contributed by atoms with Gasteiger partial charge in [0.1, 0.15) is 47.7 Å². The third kappa shape index (κ3) is 13.0. The number of nitrogens with one attached hydrogen (secondary N) is 2. The largest absolute Gasteiger partial charge is 0.491 e. The summed E-state index contributed by atoms with van der Waals surface area (Å²) in [5.41, 5.74) is 5.20. The second-order valence-electron chi connectivity index (χ2n) is 22.6. The first kappa shape index (κ1) is 61.2. The number of nitrogens with zero attached hydrogens (tertiary/aromatic N) is 8. The van der Waals surface area contributed by atoms with Gasteiger partial charge < -0.3 is 35.0 Å². The molecule has 0 bridgehead atoms. The Morgan fingerprint density at radius 3 is 1.41 bits per heavy atom. The smallest absolute Gasteiger partial charge is 0.290 e. The molecule has 0 atom stereocenters. The van der Waals surface area contributed by atoms with Gasteiger partial charge in [-0.3, -0.25) is 24.0 Å². The van der Waals surface area contributed by atoms with Crippen molar-refractivity contribution in [3.63, 3.8) is 0 Å². The second kappa shape index (κ2) is 23.9. The van der Waals surface area contributed by atoms with Crippen molar-refractivity contribution in [3.05, 3.63) is 176 Å². The van der Waals surface area contributed by atoms with Gasteiger partial charge in [-0.05, 0) is 94.8 Å². The average molecular weight is 1210 g/mol. The van der Waals surface area contributed by atoms with Crippen molar-refractivity contribution in [3.8, 4) is 34.0 Å². The molecule has 0 aliphatic carbocycles. The van der Waals surface area contributed by atoms with Gasteiger partial charge in [0.2, 0.25) is 0 Å². The quantitative estimate of drug-likeness (QED) is 0.0978. The van der Waals surface area contributed by atoms with E-state index in [4.69, 9.17) is 9.47 Å². The summed E-state index contributed by atoms with van der Waals surface area (Å²) in [4.78, 5) is 77.4. The van der Waals surface area contributed by atoms with Crippen molar-refractivity contribution >= 4 is 72.2 Å². The van der Waals surface area contributed by atoms with Crippen molar-refractivity contribution in [1.82, 2.24) is 29.5 Å². The third-order valence-corrected chi connectivity index (χ3v) is 16.6.